The molecule has 248 valence electrons. The van der Waals surface area contributed by atoms with E-state index in [9.17, 15) is 0 Å². The summed E-state index contributed by atoms with van der Waals surface area (Å²) in [5.41, 5.74) is 11.3. The predicted octanol–water partition coefficient (Wildman–Crippen LogP) is 4.52. The van der Waals surface area contributed by atoms with Crippen molar-refractivity contribution in [1.29, 1.82) is 0 Å². The van der Waals surface area contributed by atoms with Crippen LogP contribution >= 0.6 is 0 Å². The third kappa shape index (κ3) is 10.0. The Kier molecular flexibility index (Phi) is 15.6. The molecule has 0 unspecified atom stereocenters. The second-order valence-corrected chi connectivity index (χ2v) is 19.2. The standard InChI is InChI=1S/C25H29.C12H10Si.C7H9.2ClH.Zr/c1-3-7-18(8-4-1)20-11-13-24-22(15-20)17-23-16-21(12-14-25(23)24)19-9-5-2-6-10-19;1-3-7-11(8-4-1)13-12-9-5-2-6-10-12;1-6-4-3-5-7(6)2;;;/h11-15,18-19H,1-10,17H2;1-10H;3-5H,1-2H3;2*1H;/q-1;;-1;;;+2/p-2. The third-order valence-electron chi connectivity index (χ3n) is 10.4. The zero-order chi connectivity index (χ0) is 31.7. The Labute approximate surface area is 317 Å². The van der Waals surface area contributed by atoms with E-state index in [4.69, 9.17) is 0 Å². The van der Waals surface area contributed by atoms with Crippen molar-refractivity contribution in [3.05, 3.63) is 149 Å². The minimum atomic E-state index is -0.455. The van der Waals surface area contributed by atoms with Crippen molar-refractivity contribution >= 4 is 15.8 Å². The molecule has 0 bridgehead atoms. The Morgan fingerprint density at radius 3 is 1.67 bits per heavy atom. The van der Waals surface area contributed by atoms with Crippen LogP contribution in [0.1, 0.15) is 109 Å². The number of hydrogen-bond acceptors (Lipinski definition) is 0. The van der Waals surface area contributed by atoms with Gasteiger partial charge in [0.25, 0.3) is 0 Å². The molecule has 8 rings (SSSR count). The van der Waals surface area contributed by atoms with Crippen LogP contribution in [0.3, 0.4) is 0 Å². The van der Waals surface area contributed by atoms with Crippen LogP contribution in [0.15, 0.2) is 109 Å². The van der Waals surface area contributed by atoms with E-state index in [1.54, 1.807) is 34.5 Å². The number of aryl methyl sites for hydroxylation is 2. The molecule has 0 nitrogen and oxygen atoms in total. The Morgan fingerprint density at radius 2 is 1.15 bits per heavy atom. The quantitative estimate of drug-likeness (QED) is 0.183. The van der Waals surface area contributed by atoms with E-state index < -0.39 is 5.43 Å². The molecule has 0 amide bonds. The minimum Gasteiger partial charge on any atom is -0.176 e. The van der Waals surface area contributed by atoms with Crippen LogP contribution in [0.5, 0.6) is 0 Å². The maximum absolute atomic E-state index is 3.84. The monoisotopic (exact) mass is 764 g/mol. The van der Waals surface area contributed by atoms with Crippen LogP contribution in [-0.4, -0.2) is 5.43 Å². The Bertz CT molecular complexity index is 1590. The molecule has 48 heavy (non-hydrogen) atoms. The first-order chi connectivity index (χ1) is 22.6. The molecule has 0 atom stereocenters. The maximum atomic E-state index is 3.84. The van der Waals surface area contributed by atoms with Crippen molar-refractivity contribution in [1.82, 2.24) is 0 Å². The zero-order valence-electron chi connectivity index (χ0n) is 28.6. The Morgan fingerprint density at radius 1 is 0.625 bits per heavy atom. The molecule has 0 radical (unpaired) electrons. The van der Waals surface area contributed by atoms with Crippen LogP contribution in [0.2, 0.25) is 0 Å². The van der Waals surface area contributed by atoms with Gasteiger partial charge in [-0.3, -0.25) is 0 Å². The SMILES string of the molecule is Cc1c[cH-]cc1C.[Cl-].[Cl-].[Zr+2]=[Si](c1ccccc1)c1ccccc1.[c-]1c(C2CCCCC2)ccc2c1Cc1cc(C3CCCCC3)ccc1-2. The zero-order valence-corrected chi connectivity index (χ0v) is 33.6. The second-order valence-electron chi connectivity index (χ2n) is 13.6. The number of rotatable bonds is 4. The van der Waals surface area contributed by atoms with Gasteiger partial charge in [-0.2, -0.15) is 53.1 Å². The van der Waals surface area contributed by atoms with Gasteiger partial charge in [-0.25, -0.2) is 0 Å². The average Bonchev–Trinajstić information content (AvgIpc) is 3.70. The molecule has 0 N–H and O–H groups in total. The average molecular weight is 767 g/mol. The van der Waals surface area contributed by atoms with Crippen LogP contribution in [-0.2, 0) is 29.8 Å². The minimum absolute atomic E-state index is 0. The first-order valence-electron chi connectivity index (χ1n) is 17.6. The smallest absolute Gasteiger partial charge is 0.0162 e. The second kappa shape index (κ2) is 19.3. The van der Waals surface area contributed by atoms with Gasteiger partial charge in [-0.15, -0.1) is 11.1 Å². The molecular weight excluding hydrogens is 719 g/mol. The van der Waals surface area contributed by atoms with E-state index >= 15 is 0 Å². The molecule has 3 aliphatic rings. The van der Waals surface area contributed by atoms with E-state index in [0.717, 1.165) is 18.3 Å². The van der Waals surface area contributed by atoms with Crippen LogP contribution in [0, 0.1) is 19.9 Å². The van der Waals surface area contributed by atoms with E-state index in [-0.39, 0.29) is 24.8 Å². The molecule has 0 saturated heterocycles. The molecular formula is C44H48Cl2SiZr-2. The van der Waals surface area contributed by atoms with Crippen LogP contribution in [0.25, 0.3) is 11.1 Å². The Balaban J connectivity index is 0.000000191. The molecule has 0 heterocycles. The van der Waals surface area contributed by atoms with Crippen LogP contribution in [0.4, 0.5) is 0 Å². The Hall–Kier alpha value is -2.09. The molecule has 2 fully saturated rings. The first kappa shape index (κ1) is 38.7. The molecule has 3 aliphatic carbocycles. The normalized spacial score (nSPS) is 15.2. The number of hydrogen-bond donors (Lipinski definition) is 0. The van der Waals surface area contributed by atoms with Crippen molar-refractivity contribution < 1.29 is 48.1 Å². The van der Waals surface area contributed by atoms with Gasteiger partial charge in [-0.05, 0) is 55.1 Å². The molecule has 5 aromatic carbocycles. The largest absolute Gasteiger partial charge is 0.176 e. The van der Waals surface area contributed by atoms with Gasteiger partial charge in [0.15, 0.2) is 0 Å². The predicted molar refractivity (Wildman–Crippen MR) is 195 cm³/mol. The number of benzene rings is 4. The summed E-state index contributed by atoms with van der Waals surface area (Å²) >= 11 is 1.64. The summed E-state index contributed by atoms with van der Waals surface area (Å²) in [7, 11) is 0. The fourth-order valence-electron chi connectivity index (χ4n) is 7.48. The van der Waals surface area contributed by atoms with Crippen molar-refractivity contribution in [3.8, 4) is 11.1 Å². The van der Waals surface area contributed by atoms with Crippen molar-refractivity contribution in [2.45, 2.75) is 96.3 Å². The summed E-state index contributed by atoms with van der Waals surface area (Å²) in [6.45, 7) is 4.24. The van der Waals surface area contributed by atoms with Crippen molar-refractivity contribution in [2.75, 3.05) is 0 Å². The van der Waals surface area contributed by atoms with Crippen LogP contribution < -0.4 is 35.2 Å². The van der Waals surface area contributed by atoms with Gasteiger partial charge in [0.2, 0.25) is 0 Å². The number of fused-ring (bicyclic) bond motifs is 3. The van der Waals surface area contributed by atoms with Crippen molar-refractivity contribution in [3.63, 3.8) is 0 Å². The van der Waals surface area contributed by atoms with Gasteiger partial charge in [-0.1, -0.05) is 76.1 Å². The fourth-order valence-corrected chi connectivity index (χ4v) is 11.3. The van der Waals surface area contributed by atoms with E-state index in [1.165, 1.54) is 108 Å². The summed E-state index contributed by atoms with van der Waals surface area (Å²) in [6.07, 6.45) is 15.1. The first-order valence-corrected chi connectivity index (χ1v) is 22.8. The summed E-state index contributed by atoms with van der Waals surface area (Å²) in [5.74, 6) is 1.57. The molecule has 0 aliphatic heterocycles. The summed E-state index contributed by atoms with van der Waals surface area (Å²) in [5, 5.41) is 3.03. The maximum Gasteiger partial charge on any atom is -0.0162 e. The van der Waals surface area contributed by atoms with Gasteiger partial charge in [0.05, 0.1) is 0 Å². The molecule has 2 saturated carbocycles. The molecule has 4 heteroatoms. The summed E-state index contributed by atoms with van der Waals surface area (Å²) < 4.78 is 0. The molecule has 0 spiro atoms. The molecule has 5 aromatic rings. The fraction of sp³-hybridized carbons (Fsp3) is 0.341. The topological polar surface area (TPSA) is 0 Å². The molecule has 0 aromatic heterocycles. The van der Waals surface area contributed by atoms with Gasteiger partial charge in [0.1, 0.15) is 0 Å². The van der Waals surface area contributed by atoms with E-state index in [0.29, 0.717) is 0 Å². The van der Waals surface area contributed by atoms with Crippen molar-refractivity contribution in [2.24, 2.45) is 0 Å². The summed E-state index contributed by atoms with van der Waals surface area (Å²) in [6, 6.07) is 43.9. The number of halogens is 2. The van der Waals surface area contributed by atoms with E-state index in [2.05, 4.69) is 129 Å². The van der Waals surface area contributed by atoms with Gasteiger partial charge >= 0.3 is 99.8 Å². The third-order valence-corrected chi connectivity index (χ3v) is 16.5. The summed E-state index contributed by atoms with van der Waals surface area (Å²) in [4.78, 5) is 0. The van der Waals surface area contributed by atoms with Gasteiger partial charge in [0, 0.05) is 0 Å². The van der Waals surface area contributed by atoms with Gasteiger partial charge < -0.3 is 24.8 Å². The van der Waals surface area contributed by atoms with E-state index in [1.807, 2.05) is 0 Å².